The fraction of sp³-hybridized carbons (Fsp3) is 0. The number of aromatic nitrogens is 1. The largest absolute Gasteiger partial charge is 0.375 e. The number of rotatable bonds is 1. The summed E-state index contributed by atoms with van der Waals surface area (Å²) >= 11 is 1.26. The predicted molar refractivity (Wildman–Crippen MR) is 54.0 cm³/mol. The number of benzene rings is 1. The van der Waals surface area contributed by atoms with Crippen LogP contribution in [0.1, 0.15) is 1.43 Å². The van der Waals surface area contributed by atoms with Gasteiger partial charge in [-0.1, -0.05) is 0 Å². The topological polar surface area (TPSA) is 38.9 Å². The lowest BCUT2D eigenvalue weighted by atomic mass is 10.2. The summed E-state index contributed by atoms with van der Waals surface area (Å²) in [4.78, 5) is 3.96. The van der Waals surface area contributed by atoms with Crippen LogP contribution < -0.4 is 5.73 Å². The molecule has 1 aromatic carbocycles. The van der Waals surface area contributed by atoms with Crippen molar-refractivity contribution in [3.05, 3.63) is 35.2 Å². The Kier molecular flexibility index (Phi) is 2.17. The van der Waals surface area contributed by atoms with E-state index in [-0.39, 0.29) is 1.43 Å². The van der Waals surface area contributed by atoms with Gasteiger partial charge in [0.25, 0.3) is 0 Å². The number of thiazole rings is 1. The lowest BCUT2D eigenvalue weighted by Gasteiger charge is -1.97. The average molecular weight is 214 g/mol. The highest BCUT2D eigenvalue weighted by Crippen LogP contribution is 2.24. The number of anilines is 1. The smallest absolute Gasteiger partial charge is 0.180 e. The molecule has 0 saturated heterocycles. The normalized spacial score (nSPS) is 10.4. The van der Waals surface area contributed by atoms with Crippen LogP contribution in [-0.2, 0) is 0 Å². The van der Waals surface area contributed by atoms with E-state index in [0.29, 0.717) is 16.4 Å². The first-order valence-corrected chi connectivity index (χ1v) is 4.71. The molecule has 0 amide bonds. The molecule has 1 heterocycles. The third-order valence-electron chi connectivity index (χ3n) is 1.74. The summed E-state index contributed by atoms with van der Waals surface area (Å²) in [5.41, 5.74) is 6.51. The molecular weight excluding hydrogens is 206 g/mol. The number of hydrogen-bond acceptors (Lipinski definition) is 3. The second-order valence-corrected chi connectivity index (χ2v) is 3.59. The molecule has 0 aliphatic rings. The minimum Gasteiger partial charge on any atom is -0.375 e. The molecular formula is C9H8F2N2S. The molecule has 0 unspecified atom stereocenters. The van der Waals surface area contributed by atoms with Crippen molar-refractivity contribution < 1.29 is 10.2 Å². The highest BCUT2D eigenvalue weighted by Gasteiger charge is 2.06. The minimum absolute atomic E-state index is 0. The van der Waals surface area contributed by atoms with E-state index in [4.69, 9.17) is 5.73 Å². The van der Waals surface area contributed by atoms with Crippen LogP contribution in [0.5, 0.6) is 0 Å². The molecule has 0 aliphatic carbocycles. The maximum atomic E-state index is 12.8. The first-order chi connectivity index (χ1) is 6.66. The summed E-state index contributed by atoms with van der Waals surface area (Å²) in [5.74, 6) is -1.74. The first kappa shape index (κ1) is 9.08. The van der Waals surface area contributed by atoms with Crippen molar-refractivity contribution >= 4 is 16.5 Å². The third-order valence-corrected chi connectivity index (χ3v) is 2.41. The van der Waals surface area contributed by atoms with Crippen LogP contribution >= 0.6 is 11.3 Å². The summed E-state index contributed by atoms with van der Waals surface area (Å²) in [5, 5.41) is 2.10. The van der Waals surface area contributed by atoms with Gasteiger partial charge >= 0.3 is 0 Å². The molecule has 0 spiro atoms. The van der Waals surface area contributed by atoms with Gasteiger partial charge in [0, 0.05) is 12.4 Å². The van der Waals surface area contributed by atoms with E-state index in [0.717, 1.165) is 12.1 Å². The van der Waals surface area contributed by atoms with Gasteiger partial charge in [0.2, 0.25) is 0 Å². The lowest BCUT2D eigenvalue weighted by molar-refractivity contribution is 0.509. The van der Waals surface area contributed by atoms with Crippen molar-refractivity contribution in [1.29, 1.82) is 0 Å². The van der Waals surface area contributed by atoms with Crippen LogP contribution in [0, 0.1) is 11.6 Å². The Morgan fingerprint density at radius 3 is 2.64 bits per heavy atom. The van der Waals surface area contributed by atoms with E-state index in [2.05, 4.69) is 4.98 Å². The fourth-order valence-corrected chi connectivity index (χ4v) is 1.65. The van der Waals surface area contributed by atoms with E-state index in [1.54, 1.807) is 5.38 Å². The van der Waals surface area contributed by atoms with Gasteiger partial charge in [0.1, 0.15) is 0 Å². The molecule has 2 nitrogen and oxygen atoms in total. The number of nitrogen functional groups attached to an aromatic ring is 1. The van der Waals surface area contributed by atoms with Gasteiger partial charge in [0.15, 0.2) is 16.8 Å². The van der Waals surface area contributed by atoms with E-state index in [1.807, 2.05) is 0 Å². The fourth-order valence-electron chi connectivity index (χ4n) is 1.08. The van der Waals surface area contributed by atoms with Crippen molar-refractivity contribution in [1.82, 2.24) is 4.98 Å². The van der Waals surface area contributed by atoms with Gasteiger partial charge < -0.3 is 5.73 Å². The summed E-state index contributed by atoms with van der Waals surface area (Å²) in [6, 6.07) is 3.64. The number of nitrogens with zero attached hydrogens (tertiary/aromatic N) is 1. The standard InChI is InChI=1S/C9H6F2N2S.H2/c10-6-2-1-5(3-7(6)11)8-4-14-9(12)13-8;/h1-4H,(H2,12,13);1H. The molecule has 0 saturated carbocycles. The Morgan fingerprint density at radius 1 is 1.29 bits per heavy atom. The van der Waals surface area contributed by atoms with Crippen LogP contribution in [0.15, 0.2) is 23.6 Å². The number of hydrogen-bond donors (Lipinski definition) is 1. The monoisotopic (exact) mass is 214 g/mol. The number of halogens is 2. The zero-order valence-corrected chi connectivity index (χ0v) is 7.81. The molecule has 2 rings (SSSR count). The summed E-state index contributed by atoms with van der Waals surface area (Å²) in [7, 11) is 0. The average Bonchev–Trinajstić information content (AvgIpc) is 2.57. The van der Waals surface area contributed by atoms with E-state index >= 15 is 0 Å². The Hall–Kier alpha value is -1.49. The molecule has 2 N–H and O–H groups in total. The Morgan fingerprint density at radius 2 is 2.07 bits per heavy atom. The molecule has 0 fully saturated rings. The van der Waals surface area contributed by atoms with Crippen molar-refractivity contribution in [3.63, 3.8) is 0 Å². The van der Waals surface area contributed by atoms with Gasteiger partial charge in [-0.15, -0.1) is 11.3 Å². The van der Waals surface area contributed by atoms with E-state index in [1.165, 1.54) is 17.4 Å². The molecule has 5 heteroatoms. The second kappa shape index (κ2) is 3.34. The lowest BCUT2D eigenvalue weighted by Crippen LogP contribution is -1.86. The van der Waals surface area contributed by atoms with Crippen LogP contribution in [0.2, 0.25) is 0 Å². The molecule has 0 atom stereocenters. The molecule has 1 aromatic heterocycles. The highest BCUT2D eigenvalue weighted by atomic mass is 32.1. The van der Waals surface area contributed by atoms with Crippen LogP contribution in [0.4, 0.5) is 13.9 Å². The zero-order chi connectivity index (χ0) is 10.1. The second-order valence-electron chi connectivity index (χ2n) is 2.70. The van der Waals surface area contributed by atoms with Crippen molar-refractivity contribution in [3.8, 4) is 11.3 Å². The van der Waals surface area contributed by atoms with Gasteiger partial charge in [-0.3, -0.25) is 0 Å². The van der Waals surface area contributed by atoms with Gasteiger partial charge in [-0.05, 0) is 18.2 Å². The molecule has 74 valence electrons. The van der Waals surface area contributed by atoms with Gasteiger partial charge in [-0.25, -0.2) is 13.8 Å². The highest BCUT2D eigenvalue weighted by molar-refractivity contribution is 7.13. The van der Waals surface area contributed by atoms with E-state index in [9.17, 15) is 8.78 Å². The van der Waals surface area contributed by atoms with Crippen molar-refractivity contribution in [2.45, 2.75) is 0 Å². The van der Waals surface area contributed by atoms with E-state index < -0.39 is 11.6 Å². The first-order valence-electron chi connectivity index (χ1n) is 3.83. The Bertz CT molecular complexity index is 473. The van der Waals surface area contributed by atoms with Crippen molar-refractivity contribution in [2.24, 2.45) is 0 Å². The van der Waals surface area contributed by atoms with Crippen LogP contribution in [-0.4, -0.2) is 4.98 Å². The molecule has 14 heavy (non-hydrogen) atoms. The van der Waals surface area contributed by atoms with Gasteiger partial charge in [-0.2, -0.15) is 0 Å². The molecule has 0 aliphatic heterocycles. The summed E-state index contributed by atoms with van der Waals surface area (Å²) in [6.07, 6.45) is 0. The molecule has 0 bridgehead atoms. The predicted octanol–water partition coefficient (Wildman–Crippen LogP) is 2.92. The molecule has 0 radical (unpaired) electrons. The maximum absolute atomic E-state index is 12.8. The quantitative estimate of drug-likeness (QED) is 0.792. The third kappa shape index (κ3) is 1.58. The minimum atomic E-state index is -0.880. The van der Waals surface area contributed by atoms with Crippen LogP contribution in [0.3, 0.4) is 0 Å². The van der Waals surface area contributed by atoms with Crippen molar-refractivity contribution in [2.75, 3.05) is 5.73 Å². The van der Waals surface area contributed by atoms with Crippen LogP contribution in [0.25, 0.3) is 11.3 Å². The Balaban J connectivity index is 0.00000112. The number of nitrogens with two attached hydrogens (primary N) is 1. The van der Waals surface area contributed by atoms with Gasteiger partial charge in [0.05, 0.1) is 5.69 Å². The Labute approximate surface area is 84.5 Å². The molecule has 2 aromatic rings. The summed E-state index contributed by atoms with van der Waals surface area (Å²) in [6.45, 7) is 0. The zero-order valence-electron chi connectivity index (χ0n) is 7.00. The SMILES string of the molecule is Nc1nc(-c2ccc(F)c(F)c2)cs1.[HH]. The summed E-state index contributed by atoms with van der Waals surface area (Å²) < 4.78 is 25.4. The maximum Gasteiger partial charge on any atom is 0.180 e.